The van der Waals surface area contributed by atoms with E-state index < -0.39 is 0 Å². The molecule has 0 saturated carbocycles. The van der Waals surface area contributed by atoms with Gasteiger partial charge in [0.15, 0.2) is 0 Å². The molecule has 0 aromatic heterocycles. The zero-order valence-corrected chi connectivity index (χ0v) is 15.4. The fraction of sp³-hybridized carbons (Fsp3) is 0.600. The van der Waals surface area contributed by atoms with Crippen molar-refractivity contribution in [2.45, 2.75) is 32.7 Å². The predicted molar refractivity (Wildman–Crippen MR) is 98.1 cm³/mol. The highest BCUT2D eigenvalue weighted by molar-refractivity contribution is 5.79. The minimum Gasteiger partial charge on any atom is -0.339 e. The van der Waals surface area contributed by atoms with E-state index in [1.165, 1.54) is 5.56 Å². The van der Waals surface area contributed by atoms with Crippen LogP contribution in [0.25, 0.3) is 0 Å². The molecule has 136 valence electrons. The van der Waals surface area contributed by atoms with Crippen LogP contribution < -0.4 is 0 Å². The van der Waals surface area contributed by atoms with E-state index in [9.17, 15) is 9.59 Å². The monoisotopic (exact) mass is 343 g/mol. The zero-order chi connectivity index (χ0) is 17.8. The lowest BCUT2D eigenvalue weighted by atomic mass is 9.93. The van der Waals surface area contributed by atoms with Crippen LogP contribution in [0.2, 0.25) is 0 Å². The number of carbonyl (C=O) groups is 2. The number of hydrogen-bond donors (Lipinski definition) is 0. The summed E-state index contributed by atoms with van der Waals surface area (Å²) in [4.78, 5) is 30.1. The molecule has 2 unspecified atom stereocenters. The molecule has 1 aromatic rings. The molecule has 25 heavy (non-hydrogen) atoms. The fourth-order valence-corrected chi connectivity index (χ4v) is 4.03. The normalized spacial score (nSPS) is 24.6. The van der Waals surface area contributed by atoms with Crippen molar-refractivity contribution in [2.24, 2.45) is 5.92 Å². The number of rotatable bonds is 4. The standard InChI is InChI=1S/C20H29N3O2/c1-16-19(14-18-6-4-3-5-7-18)8-9-23(16)15-20(25)22-12-10-21(11-13-22)17(2)24/h3-7,16,19H,8-15H2,1-2H3. The molecule has 0 radical (unpaired) electrons. The topological polar surface area (TPSA) is 43.9 Å². The number of benzene rings is 1. The number of nitrogens with zero attached hydrogens (tertiary/aromatic N) is 3. The van der Waals surface area contributed by atoms with Crippen molar-refractivity contribution in [3.05, 3.63) is 35.9 Å². The number of carbonyl (C=O) groups excluding carboxylic acids is 2. The first kappa shape index (κ1) is 17.9. The van der Waals surface area contributed by atoms with Crippen molar-refractivity contribution >= 4 is 11.8 Å². The van der Waals surface area contributed by atoms with Gasteiger partial charge in [0.05, 0.1) is 6.54 Å². The van der Waals surface area contributed by atoms with E-state index in [0.717, 1.165) is 19.4 Å². The van der Waals surface area contributed by atoms with E-state index in [2.05, 4.69) is 42.2 Å². The molecule has 0 aliphatic carbocycles. The van der Waals surface area contributed by atoms with Crippen LogP contribution in [0.4, 0.5) is 0 Å². The van der Waals surface area contributed by atoms with E-state index in [1.54, 1.807) is 6.92 Å². The molecule has 2 fully saturated rings. The lowest BCUT2D eigenvalue weighted by molar-refractivity contribution is -0.139. The Balaban J connectivity index is 1.48. The van der Waals surface area contributed by atoms with Gasteiger partial charge in [-0.1, -0.05) is 30.3 Å². The first-order chi connectivity index (χ1) is 12.0. The molecule has 2 heterocycles. The summed E-state index contributed by atoms with van der Waals surface area (Å²) in [5.74, 6) is 0.921. The summed E-state index contributed by atoms with van der Waals surface area (Å²) in [5.41, 5.74) is 1.38. The third kappa shape index (κ3) is 4.40. The van der Waals surface area contributed by atoms with Gasteiger partial charge in [0.2, 0.25) is 11.8 Å². The quantitative estimate of drug-likeness (QED) is 0.835. The Hall–Kier alpha value is -1.88. The largest absolute Gasteiger partial charge is 0.339 e. The predicted octanol–water partition coefficient (Wildman–Crippen LogP) is 1.63. The van der Waals surface area contributed by atoms with Crippen molar-refractivity contribution < 1.29 is 9.59 Å². The summed E-state index contributed by atoms with van der Waals surface area (Å²) >= 11 is 0. The van der Waals surface area contributed by atoms with Crippen molar-refractivity contribution in [3.63, 3.8) is 0 Å². The van der Waals surface area contributed by atoms with E-state index in [4.69, 9.17) is 0 Å². The van der Waals surface area contributed by atoms with E-state index in [1.807, 2.05) is 9.80 Å². The van der Waals surface area contributed by atoms with Crippen LogP contribution in [0.5, 0.6) is 0 Å². The highest BCUT2D eigenvalue weighted by Gasteiger charge is 2.33. The Bertz CT molecular complexity index is 596. The van der Waals surface area contributed by atoms with E-state index >= 15 is 0 Å². The molecule has 0 bridgehead atoms. The second-order valence-corrected chi connectivity index (χ2v) is 7.34. The molecule has 5 nitrogen and oxygen atoms in total. The van der Waals surface area contributed by atoms with Gasteiger partial charge in [0.25, 0.3) is 0 Å². The minimum atomic E-state index is 0.101. The van der Waals surface area contributed by atoms with Gasteiger partial charge < -0.3 is 9.80 Å². The van der Waals surface area contributed by atoms with Crippen LogP contribution in [-0.2, 0) is 16.0 Å². The molecule has 2 saturated heterocycles. The molecule has 2 amide bonds. The summed E-state index contributed by atoms with van der Waals surface area (Å²) in [6, 6.07) is 11.1. The van der Waals surface area contributed by atoms with Crippen molar-refractivity contribution in [2.75, 3.05) is 39.3 Å². The Morgan fingerprint density at radius 2 is 1.64 bits per heavy atom. The molecule has 0 spiro atoms. The minimum absolute atomic E-state index is 0.101. The molecule has 2 aliphatic heterocycles. The van der Waals surface area contributed by atoms with Gasteiger partial charge in [-0.3, -0.25) is 14.5 Å². The third-order valence-corrected chi connectivity index (χ3v) is 5.80. The van der Waals surface area contributed by atoms with Crippen LogP contribution in [-0.4, -0.2) is 71.8 Å². The average molecular weight is 343 g/mol. The smallest absolute Gasteiger partial charge is 0.236 e. The molecule has 2 aliphatic rings. The van der Waals surface area contributed by atoms with Gasteiger partial charge in [-0.15, -0.1) is 0 Å². The molecule has 2 atom stereocenters. The maximum atomic E-state index is 12.6. The number of piperazine rings is 1. The van der Waals surface area contributed by atoms with Crippen LogP contribution in [0, 0.1) is 5.92 Å². The van der Waals surface area contributed by atoms with Gasteiger partial charge in [-0.05, 0) is 37.8 Å². The molecular weight excluding hydrogens is 314 g/mol. The van der Waals surface area contributed by atoms with Gasteiger partial charge in [-0.2, -0.15) is 0 Å². The Labute approximate surface area is 150 Å². The molecule has 1 aromatic carbocycles. The first-order valence-electron chi connectivity index (χ1n) is 9.36. The van der Waals surface area contributed by atoms with Crippen molar-refractivity contribution in [1.82, 2.24) is 14.7 Å². The molecular formula is C20H29N3O2. The highest BCUT2D eigenvalue weighted by atomic mass is 16.2. The SMILES string of the molecule is CC(=O)N1CCN(C(=O)CN2CCC(Cc3ccccc3)C2C)CC1. The van der Waals surface area contributed by atoms with Crippen LogP contribution in [0.3, 0.4) is 0 Å². The molecule has 0 N–H and O–H groups in total. The third-order valence-electron chi connectivity index (χ3n) is 5.80. The summed E-state index contributed by atoms with van der Waals surface area (Å²) in [7, 11) is 0. The molecule has 5 heteroatoms. The Morgan fingerprint density at radius 3 is 2.28 bits per heavy atom. The summed E-state index contributed by atoms with van der Waals surface area (Å²) in [6.45, 7) is 7.99. The second-order valence-electron chi connectivity index (χ2n) is 7.34. The molecule has 3 rings (SSSR count). The average Bonchev–Trinajstić information content (AvgIpc) is 2.96. The Morgan fingerprint density at radius 1 is 1.00 bits per heavy atom. The summed E-state index contributed by atoms with van der Waals surface area (Å²) in [6.07, 6.45) is 2.24. The number of amides is 2. The van der Waals surface area contributed by atoms with Crippen molar-refractivity contribution in [3.8, 4) is 0 Å². The van der Waals surface area contributed by atoms with E-state index in [0.29, 0.717) is 44.7 Å². The highest BCUT2D eigenvalue weighted by Crippen LogP contribution is 2.27. The van der Waals surface area contributed by atoms with Crippen LogP contribution in [0.15, 0.2) is 30.3 Å². The summed E-state index contributed by atoms with van der Waals surface area (Å²) < 4.78 is 0. The number of likely N-dealkylation sites (tertiary alicyclic amines) is 1. The van der Waals surface area contributed by atoms with Gasteiger partial charge in [0, 0.05) is 39.1 Å². The Kier molecular flexibility index (Phi) is 5.74. The van der Waals surface area contributed by atoms with Crippen LogP contribution >= 0.6 is 0 Å². The zero-order valence-electron chi connectivity index (χ0n) is 15.4. The lowest BCUT2D eigenvalue weighted by Crippen LogP contribution is -2.52. The van der Waals surface area contributed by atoms with Gasteiger partial charge >= 0.3 is 0 Å². The number of hydrogen-bond acceptors (Lipinski definition) is 3. The fourth-order valence-electron chi connectivity index (χ4n) is 4.03. The maximum Gasteiger partial charge on any atom is 0.236 e. The van der Waals surface area contributed by atoms with Crippen LogP contribution in [0.1, 0.15) is 25.8 Å². The van der Waals surface area contributed by atoms with Gasteiger partial charge in [0.1, 0.15) is 0 Å². The second kappa shape index (κ2) is 8.00. The summed E-state index contributed by atoms with van der Waals surface area (Å²) in [5, 5.41) is 0. The van der Waals surface area contributed by atoms with E-state index in [-0.39, 0.29) is 11.8 Å². The first-order valence-corrected chi connectivity index (χ1v) is 9.36. The maximum absolute atomic E-state index is 12.6. The van der Waals surface area contributed by atoms with Crippen molar-refractivity contribution in [1.29, 1.82) is 0 Å². The lowest BCUT2D eigenvalue weighted by Gasteiger charge is -2.35. The van der Waals surface area contributed by atoms with Gasteiger partial charge in [-0.25, -0.2) is 0 Å².